The molecule has 21 heavy (non-hydrogen) atoms. The number of rotatable bonds is 3. The Balaban J connectivity index is 1.72. The Morgan fingerprint density at radius 1 is 1.14 bits per heavy atom. The fraction of sp³-hybridized carbons (Fsp3) is 0.389. The Labute approximate surface area is 134 Å². The molecule has 1 fully saturated rings. The van der Waals surface area contributed by atoms with E-state index in [9.17, 15) is 0 Å². The van der Waals surface area contributed by atoms with E-state index >= 15 is 0 Å². The maximum Gasteiger partial charge on any atom is 0.0410 e. The smallest absolute Gasteiger partial charge is 0.0410 e. The van der Waals surface area contributed by atoms with Crippen LogP contribution in [-0.4, -0.2) is 11.0 Å². The lowest BCUT2D eigenvalue weighted by molar-refractivity contribution is 0.277. The van der Waals surface area contributed by atoms with Crippen LogP contribution >= 0.6 is 15.9 Å². The van der Waals surface area contributed by atoms with Crippen molar-refractivity contribution < 1.29 is 0 Å². The average molecular weight is 345 g/mol. The van der Waals surface area contributed by atoms with Gasteiger partial charge in [-0.25, -0.2) is 0 Å². The maximum atomic E-state index is 6.37. The van der Waals surface area contributed by atoms with Gasteiger partial charge in [0.05, 0.1) is 0 Å². The van der Waals surface area contributed by atoms with Gasteiger partial charge in [-0.15, -0.1) is 0 Å². The van der Waals surface area contributed by atoms with Crippen LogP contribution < -0.4 is 5.73 Å². The molecular weight excluding hydrogens is 324 g/mol. The predicted octanol–water partition coefficient (Wildman–Crippen LogP) is 4.30. The summed E-state index contributed by atoms with van der Waals surface area (Å²) < 4.78 is 1.05. The fourth-order valence-corrected chi connectivity index (χ4v) is 3.83. The van der Waals surface area contributed by atoms with Gasteiger partial charge < -0.3 is 5.73 Å². The van der Waals surface area contributed by atoms with Crippen LogP contribution in [0.3, 0.4) is 0 Å². The number of halogens is 1. The number of nitrogens with two attached hydrogens (primary N) is 1. The van der Waals surface area contributed by atoms with Crippen molar-refractivity contribution in [1.82, 2.24) is 4.98 Å². The third-order valence-electron chi connectivity index (χ3n) is 4.57. The van der Waals surface area contributed by atoms with Crippen LogP contribution in [0.1, 0.15) is 36.3 Å². The summed E-state index contributed by atoms with van der Waals surface area (Å²) in [5.41, 5.74) is 9.11. The minimum Gasteiger partial charge on any atom is -0.327 e. The standard InChI is InChI=1S/C18H21BrN2/c19-17-9-13(11-21-12-17)8-16-10-15(6-7-18(16)20)14-4-2-1-3-5-14/h1-5,9,11-12,15-16,18H,6-8,10,20H2. The van der Waals surface area contributed by atoms with E-state index in [4.69, 9.17) is 5.73 Å². The average Bonchev–Trinajstić information content (AvgIpc) is 2.50. The van der Waals surface area contributed by atoms with Gasteiger partial charge in [-0.3, -0.25) is 4.98 Å². The molecule has 0 amide bonds. The molecule has 3 atom stereocenters. The van der Waals surface area contributed by atoms with Crippen LogP contribution in [0.5, 0.6) is 0 Å². The third kappa shape index (κ3) is 3.72. The lowest BCUT2D eigenvalue weighted by Crippen LogP contribution is -2.36. The van der Waals surface area contributed by atoms with E-state index in [1.807, 2.05) is 12.4 Å². The van der Waals surface area contributed by atoms with E-state index in [-0.39, 0.29) is 0 Å². The zero-order chi connectivity index (χ0) is 14.7. The fourth-order valence-electron chi connectivity index (χ4n) is 3.42. The molecule has 1 aromatic heterocycles. The van der Waals surface area contributed by atoms with E-state index in [0.717, 1.165) is 17.3 Å². The zero-order valence-corrected chi connectivity index (χ0v) is 13.7. The largest absolute Gasteiger partial charge is 0.327 e. The molecule has 2 aromatic rings. The van der Waals surface area contributed by atoms with Crippen molar-refractivity contribution in [3.8, 4) is 0 Å². The van der Waals surface area contributed by atoms with Crippen molar-refractivity contribution >= 4 is 15.9 Å². The van der Waals surface area contributed by atoms with E-state index in [2.05, 4.69) is 57.3 Å². The summed E-state index contributed by atoms with van der Waals surface area (Å²) in [5.74, 6) is 1.19. The number of nitrogens with zero attached hydrogens (tertiary/aromatic N) is 1. The first-order valence-electron chi connectivity index (χ1n) is 7.62. The second-order valence-corrected chi connectivity index (χ2v) is 6.98. The van der Waals surface area contributed by atoms with Crippen molar-refractivity contribution in [2.45, 2.75) is 37.6 Å². The Hall–Kier alpha value is -1.19. The van der Waals surface area contributed by atoms with E-state index < -0.39 is 0 Å². The number of aromatic nitrogens is 1. The molecule has 2 N–H and O–H groups in total. The van der Waals surface area contributed by atoms with Crippen LogP contribution in [0.25, 0.3) is 0 Å². The number of pyridine rings is 1. The summed E-state index contributed by atoms with van der Waals surface area (Å²) in [4.78, 5) is 4.26. The van der Waals surface area contributed by atoms with E-state index in [0.29, 0.717) is 17.9 Å². The molecule has 0 aliphatic heterocycles. The van der Waals surface area contributed by atoms with E-state index in [1.54, 1.807) is 0 Å². The van der Waals surface area contributed by atoms with Gasteiger partial charge in [-0.2, -0.15) is 0 Å². The highest BCUT2D eigenvalue weighted by Crippen LogP contribution is 2.37. The second kappa shape index (κ2) is 6.71. The summed E-state index contributed by atoms with van der Waals surface area (Å²) in [6.45, 7) is 0. The minimum atomic E-state index is 0.309. The molecule has 0 radical (unpaired) electrons. The quantitative estimate of drug-likeness (QED) is 0.901. The first kappa shape index (κ1) is 14.7. The lowest BCUT2D eigenvalue weighted by Gasteiger charge is -2.34. The van der Waals surface area contributed by atoms with Crippen LogP contribution in [0.2, 0.25) is 0 Å². The summed E-state index contributed by atoms with van der Waals surface area (Å²) in [5, 5.41) is 0. The number of hydrogen-bond acceptors (Lipinski definition) is 2. The molecule has 110 valence electrons. The highest BCUT2D eigenvalue weighted by molar-refractivity contribution is 9.10. The Morgan fingerprint density at radius 3 is 2.71 bits per heavy atom. The molecule has 0 saturated heterocycles. The Bertz CT molecular complexity index is 585. The summed E-state index contributed by atoms with van der Waals surface area (Å²) in [7, 11) is 0. The molecule has 3 rings (SSSR count). The lowest BCUT2D eigenvalue weighted by atomic mass is 9.73. The molecule has 1 saturated carbocycles. The SMILES string of the molecule is NC1CCC(c2ccccc2)CC1Cc1cncc(Br)c1. The normalized spacial score (nSPS) is 25.7. The number of benzene rings is 1. The van der Waals surface area contributed by atoms with Gasteiger partial charge in [0.1, 0.15) is 0 Å². The zero-order valence-electron chi connectivity index (χ0n) is 12.1. The molecule has 0 spiro atoms. The molecule has 3 unspecified atom stereocenters. The van der Waals surface area contributed by atoms with Crippen LogP contribution in [0.4, 0.5) is 0 Å². The van der Waals surface area contributed by atoms with Gasteiger partial charge in [-0.05, 0) is 70.6 Å². The summed E-state index contributed by atoms with van der Waals surface area (Å²) in [6.07, 6.45) is 8.32. The summed E-state index contributed by atoms with van der Waals surface area (Å²) >= 11 is 3.50. The highest BCUT2D eigenvalue weighted by atomic mass is 79.9. The van der Waals surface area contributed by atoms with Crippen molar-refractivity contribution in [3.05, 3.63) is 64.4 Å². The third-order valence-corrected chi connectivity index (χ3v) is 5.01. The van der Waals surface area contributed by atoms with Crippen molar-refractivity contribution in [2.75, 3.05) is 0 Å². The molecule has 1 aromatic carbocycles. The first-order chi connectivity index (χ1) is 10.2. The molecule has 1 aliphatic rings. The molecule has 0 bridgehead atoms. The number of hydrogen-bond donors (Lipinski definition) is 1. The molecule has 3 heteroatoms. The monoisotopic (exact) mass is 344 g/mol. The van der Waals surface area contributed by atoms with Crippen molar-refractivity contribution in [3.63, 3.8) is 0 Å². The van der Waals surface area contributed by atoms with Crippen LogP contribution in [0, 0.1) is 5.92 Å². The van der Waals surface area contributed by atoms with Crippen molar-refractivity contribution in [2.24, 2.45) is 11.7 Å². The van der Waals surface area contributed by atoms with Crippen LogP contribution in [0.15, 0.2) is 53.3 Å². The van der Waals surface area contributed by atoms with Crippen LogP contribution in [-0.2, 0) is 6.42 Å². The second-order valence-electron chi connectivity index (χ2n) is 6.06. The van der Waals surface area contributed by atoms with Crippen molar-refractivity contribution in [1.29, 1.82) is 0 Å². The first-order valence-corrected chi connectivity index (χ1v) is 8.41. The molecule has 1 aliphatic carbocycles. The molecular formula is C18H21BrN2. The van der Waals surface area contributed by atoms with Gasteiger partial charge in [0.15, 0.2) is 0 Å². The van der Waals surface area contributed by atoms with Gasteiger partial charge in [0.2, 0.25) is 0 Å². The highest BCUT2D eigenvalue weighted by Gasteiger charge is 2.29. The van der Waals surface area contributed by atoms with Gasteiger partial charge in [-0.1, -0.05) is 30.3 Å². The minimum absolute atomic E-state index is 0.309. The topological polar surface area (TPSA) is 38.9 Å². The predicted molar refractivity (Wildman–Crippen MR) is 90.1 cm³/mol. The molecule has 2 nitrogen and oxygen atoms in total. The Morgan fingerprint density at radius 2 is 1.95 bits per heavy atom. The Kier molecular flexibility index (Phi) is 4.71. The molecule has 1 heterocycles. The van der Waals surface area contributed by atoms with Gasteiger partial charge >= 0.3 is 0 Å². The summed E-state index contributed by atoms with van der Waals surface area (Å²) in [6, 6.07) is 13.3. The van der Waals surface area contributed by atoms with Gasteiger partial charge in [0, 0.05) is 22.9 Å². The van der Waals surface area contributed by atoms with E-state index in [1.165, 1.54) is 24.0 Å². The van der Waals surface area contributed by atoms with Gasteiger partial charge in [0.25, 0.3) is 0 Å². The maximum absolute atomic E-state index is 6.37.